The van der Waals surface area contributed by atoms with Gasteiger partial charge in [0.2, 0.25) is 5.91 Å². The Morgan fingerprint density at radius 2 is 1.97 bits per heavy atom. The monoisotopic (exact) mass is 483 g/mol. The number of alkyl halides is 1. The summed E-state index contributed by atoms with van der Waals surface area (Å²) in [6, 6.07) is 21.2. The molecule has 3 aromatic heterocycles. The number of primary amides is 1. The molecule has 5 aromatic rings. The molecule has 1 unspecified atom stereocenters. The number of carbonyl (C=O) groups excluding carboxylic acids is 1. The van der Waals surface area contributed by atoms with Gasteiger partial charge in [-0.25, -0.2) is 8.91 Å². The van der Waals surface area contributed by atoms with Crippen LogP contribution in [0.5, 0.6) is 0 Å². The van der Waals surface area contributed by atoms with E-state index in [0.29, 0.717) is 36.8 Å². The maximum Gasteiger partial charge on any atom is 0.254 e. The zero-order valence-corrected chi connectivity index (χ0v) is 19.8. The first-order valence-corrected chi connectivity index (χ1v) is 12.0. The third-order valence-electron chi connectivity index (χ3n) is 6.76. The fraction of sp³-hybridized carbons (Fsp3) is 0.222. The van der Waals surface area contributed by atoms with E-state index < -0.39 is 12.1 Å². The number of nitrogens with one attached hydrogen (secondary N) is 2. The van der Waals surface area contributed by atoms with Crippen LogP contribution in [-0.4, -0.2) is 37.8 Å². The number of nitrogens with zero attached hydrogens (tertiary/aromatic N) is 4. The SMILES string of the molecule is Cc1cc2c(C(N)=O)cccc2n1-c1nc(NCc2ccccc2)c2ccc(C3C[C@H](F)CN3)n2n1. The minimum absolute atomic E-state index is 0.142. The molecular formula is C27H26FN7O. The number of hydrogen-bond acceptors (Lipinski definition) is 5. The van der Waals surface area contributed by atoms with Crippen LogP contribution >= 0.6 is 0 Å². The van der Waals surface area contributed by atoms with Gasteiger partial charge in [0.05, 0.1) is 17.3 Å². The summed E-state index contributed by atoms with van der Waals surface area (Å²) in [7, 11) is 0. The smallest absolute Gasteiger partial charge is 0.254 e. The lowest BCUT2D eigenvalue weighted by Crippen LogP contribution is -2.18. The summed E-state index contributed by atoms with van der Waals surface area (Å²) < 4.78 is 17.8. The third kappa shape index (κ3) is 3.77. The minimum atomic E-state index is -0.889. The molecule has 36 heavy (non-hydrogen) atoms. The summed E-state index contributed by atoms with van der Waals surface area (Å²) >= 11 is 0. The lowest BCUT2D eigenvalue weighted by atomic mass is 10.1. The van der Waals surface area contributed by atoms with E-state index >= 15 is 0 Å². The predicted molar refractivity (Wildman–Crippen MR) is 137 cm³/mol. The maximum absolute atomic E-state index is 14.0. The lowest BCUT2D eigenvalue weighted by molar-refractivity contribution is 0.100. The summed E-state index contributed by atoms with van der Waals surface area (Å²) in [6.45, 7) is 2.85. The normalized spacial score (nSPS) is 17.7. The van der Waals surface area contributed by atoms with Crippen molar-refractivity contribution in [2.24, 2.45) is 5.73 Å². The van der Waals surface area contributed by atoms with Crippen LogP contribution in [0.15, 0.2) is 66.7 Å². The molecule has 0 spiro atoms. The molecule has 1 amide bonds. The van der Waals surface area contributed by atoms with E-state index in [1.165, 1.54) is 0 Å². The minimum Gasteiger partial charge on any atom is -0.366 e. The number of rotatable bonds is 6. The van der Waals surface area contributed by atoms with Crippen LogP contribution in [0.25, 0.3) is 22.4 Å². The van der Waals surface area contributed by atoms with Gasteiger partial charge in [-0.3, -0.25) is 9.36 Å². The standard InChI is InChI=1S/C27H26FN7O/c1-16-12-20-19(25(29)36)8-5-9-22(20)34(16)27-32-26(31-14-17-6-3-2-4-7-17)24-11-10-23(35(24)33-27)21-13-18(28)15-30-21/h2-12,18,21,30H,13-15H2,1H3,(H2,29,36)(H,31,32,33)/t18-,21?/m0/s1. The largest absolute Gasteiger partial charge is 0.366 e. The Labute approximate surface area is 206 Å². The first kappa shape index (κ1) is 22.2. The molecule has 182 valence electrons. The van der Waals surface area contributed by atoms with Crippen molar-refractivity contribution < 1.29 is 9.18 Å². The molecule has 1 fully saturated rings. The molecular weight excluding hydrogens is 457 g/mol. The zero-order valence-electron chi connectivity index (χ0n) is 19.8. The highest BCUT2D eigenvalue weighted by Gasteiger charge is 2.28. The number of carbonyl (C=O) groups is 1. The first-order valence-electron chi connectivity index (χ1n) is 12.0. The number of fused-ring (bicyclic) bond motifs is 2. The molecule has 1 aliphatic heterocycles. The number of amides is 1. The van der Waals surface area contributed by atoms with Gasteiger partial charge in [0, 0.05) is 36.2 Å². The Hall–Kier alpha value is -4.24. The van der Waals surface area contributed by atoms with Crippen LogP contribution in [0.2, 0.25) is 0 Å². The second-order valence-corrected chi connectivity index (χ2v) is 9.17. The van der Waals surface area contributed by atoms with E-state index in [2.05, 4.69) is 22.8 Å². The van der Waals surface area contributed by atoms with Gasteiger partial charge in [-0.15, -0.1) is 5.10 Å². The summed E-state index contributed by atoms with van der Waals surface area (Å²) in [5, 5.41) is 12.4. The van der Waals surface area contributed by atoms with E-state index in [1.807, 2.05) is 58.5 Å². The van der Waals surface area contributed by atoms with Crippen molar-refractivity contribution in [3.8, 4) is 5.95 Å². The van der Waals surface area contributed by atoms with Crippen molar-refractivity contribution in [2.45, 2.75) is 32.1 Å². The molecule has 8 nitrogen and oxygen atoms in total. The topological polar surface area (TPSA) is 102 Å². The fourth-order valence-electron chi connectivity index (χ4n) is 5.04. The molecule has 1 aliphatic rings. The van der Waals surface area contributed by atoms with Gasteiger partial charge < -0.3 is 16.4 Å². The van der Waals surface area contributed by atoms with Crippen molar-refractivity contribution in [3.05, 3.63) is 89.2 Å². The van der Waals surface area contributed by atoms with Crippen molar-refractivity contribution in [2.75, 3.05) is 11.9 Å². The van der Waals surface area contributed by atoms with Crippen molar-refractivity contribution in [3.63, 3.8) is 0 Å². The number of halogens is 1. The van der Waals surface area contributed by atoms with Gasteiger partial charge in [0.25, 0.3) is 5.95 Å². The van der Waals surface area contributed by atoms with Gasteiger partial charge in [0.15, 0.2) is 5.82 Å². The maximum atomic E-state index is 14.0. The molecule has 0 aliphatic carbocycles. The summed E-state index contributed by atoms with van der Waals surface area (Å²) in [6.07, 6.45) is -0.494. The van der Waals surface area contributed by atoms with Crippen molar-refractivity contribution >= 4 is 28.1 Å². The molecule has 0 radical (unpaired) electrons. The quantitative estimate of drug-likeness (QED) is 0.338. The van der Waals surface area contributed by atoms with E-state index in [9.17, 15) is 9.18 Å². The number of nitrogens with two attached hydrogens (primary N) is 1. The lowest BCUT2D eigenvalue weighted by Gasteiger charge is -2.15. The van der Waals surface area contributed by atoms with Crippen molar-refractivity contribution in [1.29, 1.82) is 0 Å². The second kappa shape index (κ2) is 8.76. The molecule has 4 heterocycles. The Balaban J connectivity index is 1.52. The Kier molecular flexibility index (Phi) is 5.41. The van der Waals surface area contributed by atoms with Crippen LogP contribution in [-0.2, 0) is 6.54 Å². The molecule has 1 saturated heterocycles. The molecule has 2 atom stereocenters. The van der Waals surface area contributed by atoms with E-state index in [-0.39, 0.29) is 6.04 Å². The Bertz CT molecular complexity index is 1590. The van der Waals surface area contributed by atoms with Crippen LogP contribution in [0.4, 0.5) is 10.2 Å². The molecule has 2 aromatic carbocycles. The van der Waals surface area contributed by atoms with E-state index in [4.69, 9.17) is 15.8 Å². The molecule has 4 N–H and O–H groups in total. The number of aryl methyl sites for hydroxylation is 1. The summed E-state index contributed by atoms with van der Waals surface area (Å²) in [4.78, 5) is 16.9. The predicted octanol–water partition coefficient (Wildman–Crippen LogP) is 4.07. The average Bonchev–Trinajstić information content (AvgIpc) is 3.58. The summed E-state index contributed by atoms with van der Waals surface area (Å²) in [5.74, 6) is 0.622. The highest BCUT2D eigenvalue weighted by Crippen LogP contribution is 2.30. The van der Waals surface area contributed by atoms with Crippen LogP contribution < -0.4 is 16.4 Å². The third-order valence-corrected chi connectivity index (χ3v) is 6.76. The van der Waals surface area contributed by atoms with Crippen LogP contribution in [0.1, 0.15) is 39.8 Å². The molecule has 9 heteroatoms. The van der Waals surface area contributed by atoms with Crippen LogP contribution in [0.3, 0.4) is 0 Å². The molecule has 0 saturated carbocycles. The first-order chi connectivity index (χ1) is 17.5. The number of hydrogen-bond donors (Lipinski definition) is 3. The fourth-order valence-corrected chi connectivity index (χ4v) is 5.04. The second-order valence-electron chi connectivity index (χ2n) is 9.17. The van der Waals surface area contributed by atoms with Crippen molar-refractivity contribution in [1.82, 2.24) is 24.5 Å². The molecule has 0 bridgehead atoms. The Morgan fingerprint density at radius 3 is 2.72 bits per heavy atom. The van der Waals surface area contributed by atoms with E-state index in [1.54, 1.807) is 12.1 Å². The van der Waals surface area contributed by atoms with Crippen LogP contribution in [0, 0.1) is 6.92 Å². The number of benzene rings is 2. The number of anilines is 1. The van der Waals surface area contributed by atoms with Gasteiger partial charge >= 0.3 is 0 Å². The zero-order chi connectivity index (χ0) is 24.8. The van der Waals surface area contributed by atoms with E-state index in [0.717, 1.165) is 33.4 Å². The van der Waals surface area contributed by atoms with Gasteiger partial charge in [-0.1, -0.05) is 36.4 Å². The highest BCUT2D eigenvalue weighted by molar-refractivity contribution is 6.06. The molecule has 6 rings (SSSR count). The van der Waals surface area contributed by atoms with Gasteiger partial charge in [0.1, 0.15) is 11.7 Å². The Morgan fingerprint density at radius 1 is 1.14 bits per heavy atom. The van der Waals surface area contributed by atoms with Gasteiger partial charge in [-0.2, -0.15) is 4.98 Å². The average molecular weight is 484 g/mol. The summed E-state index contributed by atoms with van der Waals surface area (Å²) in [5.41, 5.74) is 10.5. The van der Waals surface area contributed by atoms with Gasteiger partial charge in [-0.05, 0) is 42.8 Å². The number of aromatic nitrogens is 4. The highest BCUT2D eigenvalue weighted by atomic mass is 19.1.